The van der Waals surface area contributed by atoms with Gasteiger partial charge in [-0.1, -0.05) is 34.1 Å². The van der Waals surface area contributed by atoms with Crippen molar-refractivity contribution >= 4 is 5.91 Å². The first-order valence-corrected chi connectivity index (χ1v) is 7.42. The minimum Gasteiger partial charge on any atom is -0.391 e. The van der Waals surface area contributed by atoms with Crippen LogP contribution in [0.5, 0.6) is 0 Å². The lowest BCUT2D eigenvalue weighted by atomic mass is 9.88. The van der Waals surface area contributed by atoms with Crippen LogP contribution < -0.4 is 5.32 Å². The third kappa shape index (κ3) is 5.49. The summed E-state index contributed by atoms with van der Waals surface area (Å²) >= 11 is 0. The van der Waals surface area contributed by atoms with Crippen LogP contribution >= 0.6 is 0 Å². The molecule has 1 aliphatic rings. The van der Waals surface area contributed by atoms with Gasteiger partial charge in [0, 0.05) is 19.1 Å². The van der Waals surface area contributed by atoms with E-state index in [0.717, 1.165) is 25.7 Å². The molecule has 0 spiro atoms. The highest BCUT2D eigenvalue weighted by Gasteiger charge is 2.29. The van der Waals surface area contributed by atoms with Crippen molar-refractivity contribution in [3.63, 3.8) is 0 Å². The van der Waals surface area contributed by atoms with Gasteiger partial charge < -0.3 is 15.2 Å². The molecule has 0 aromatic carbocycles. The molecule has 4 nitrogen and oxygen atoms in total. The first-order valence-electron chi connectivity index (χ1n) is 7.42. The molecule has 1 amide bonds. The largest absolute Gasteiger partial charge is 0.391 e. The average molecular weight is 271 g/mol. The van der Waals surface area contributed by atoms with E-state index in [-0.39, 0.29) is 23.3 Å². The number of amides is 1. The first-order chi connectivity index (χ1) is 8.84. The molecule has 1 heterocycles. The number of carbonyl (C=O) groups excluding carboxylic acids is 1. The summed E-state index contributed by atoms with van der Waals surface area (Å²) in [6.45, 7) is 9.04. The van der Waals surface area contributed by atoms with Gasteiger partial charge in [-0.05, 0) is 24.7 Å². The molecule has 1 rings (SSSR count). The summed E-state index contributed by atoms with van der Waals surface area (Å²) in [5.41, 5.74) is -0.201. The van der Waals surface area contributed by atoms with Gasteiger partial charge >= 0.3 is 0 Å². The van der Waals surface area contributed by atoms with Gasteiger partial charge in [0.15, 0.2) is 0 Å². The fourth-order valence-electron chi connectivity index (χ4n) is 2.29. The highest BCUT2D eigenvalue weighted by Crippen LogP contribution is 2.23. The number of ether oxygens (including phenoxy) is 1. The third-order valence-corrected chi connectivity index (χ3v) is 3.82. The smallest absolute Gasteiger partial charge is 0.223 e. The van der Waals surface area contributed by atoms with E-state index >= 15 is 0 Å². The quantitative estimate of drug-likeness (QED) is 0.805. The molecule has 0 radical (unpaired) electrons. The van der Waals surface area contributed by atoms with Gasteiger partial charge in [0.2, 0.25) is 5.91 Å². The molecule has 1 fully saturated rings. The van der Waals surface area contributed by atoms with Gasteiger partial charge in [-0.3, -0.25) is 4.79 Å². The molecule has 1 aliphatic heterocycles. The molecule has 3 atom stereocenters. The van der Waals surface area contributed by atoms with Gasteiger partial charge in [-0.15, -0.1) is 0 Å². The predicted molar refractivity (Wildman–Crippen MR) is 75.8 cm³/mol. The second-order valence-electron chi connectivity index (χ2n) is 6.63. The lowest BCUT2D eigenvalue weighted by molar-refractivity contribution is -0.131. The van der Waals surface area contributed by atoms with Gasteiger partial charge in [-0.2, -0.15) is 0 Å². The van der Waals surface area contributed by atoms with Crippen molar-refractivity contribution in [3.8, 4) is 0 Å². The molecule has 19 heavy (non-hydrogen) atoms. The molecular formula is C15H29NO3. The van der Waals surface area contributed by atoms with Crippen LogP contribution in [0.25, 0.3) is 0 Å². The van der Waals surface area contributed by atoms with Gasteiger partial charge in [-0.25, -0.2) is 0 Å². The second-order valence-corrected chi connectivity index (χ2v) is 6.63. The van der Waals surface area contributed by atoms with Crippen LogP contribution in [0.4, 0.5) is 0 Å². The molecule has 0 aromatic rings. The molecule has 0 aromatic heterocycles. The Kier molecular flexibility index (Phi) is 6.27. The molecule has 3 unspecified atom stereocenters. The van der Waals surface area contributed by atoms with Crippen molar-refractivity contribution in [2.75, 3.05) is 13.2 Å². The zero-order valence-corrected chi connectivity index (χ0v) is 12.7. The van der Waals surface area contributed by atoms with E-state index in [1.807, 2.05) is 20.8 Å². The lowest BCUT2D eigenvalue weighted by Crippen LogP contribution is -2.43. The number of aliphatic hydroxyl groups excluding tert-OH is 1. The predicted octanol–water partition coefficient (Wildman–Crippen LogP) is 2.10. The van der Waals surface area contributed by atoms with Crippen molar-refractivity contribution < 1.29 is 14.6 Å². The molecule has 112 valence electrons. The maximum Gasteiger partial charge on any atom is 0.223 e. The zero-order chi connectivity index (χ0) is 14.5. The van der Waals surface area contributed by atoms with E-state index in [4.69, 9.17) is 4.74 Å². The zero-order valence-electron chi connectivity index (χ0n) is 12.7. The third-order valence-electron chi connectivity index (χ3n) is 3.82. The number of hydrogen-bond donors (Lipinski definition) is 2. The number of carbonyl (C=O) groups is 1. The Morgan fingerprint density at radius 1 is 1.47 bits per heavy atom. The van der Waals surface area contributed by atoms with Crippen molar-refractivity contribution in [1.82, 2.24) is 5.32 Å². The first kappa shape index (κ1) is 16.4. The van der Waals surface area contributed by atoms with Crippen LogP contribution in [0.1, 0.15) is 53.4 Å². The Labute approximate surface area is 116 Å². The van der Waals surface area contributed by atoms with Crippen molar-refractivity contribution in [1.29, 1.82) is 0 Å². The summed E-state index contributed by atoms with van der Waals surface area (Å²) in [7, 11) is 0. The summed E-state index contributed by atoms with van der Waals surface area (Å²) in [6, 6.07) is 0. The molecule has 0 bridgehead atoms. The molecule has 4 heteroatoms. The van der Waals surface area contributed by atoms with Crippen LogP contribution in [0.15, 0.2) is 0 Å². The van der Waals surface area contributed by atoms with Gasteiger partial charge in [0.05, 0.1) is 12.2 Å². The minimum atomic E-state index is -0.511. The molecule has 2 N–H and O–H groups in total. The summed E-state index contributed by atoms with van der Waals surface area (Å²) in [5.74, 6) is 0.102. The Balaban J connectivity index is 2.37. The van der Waals surface area contributed by atoms with E-state index in [0.29, 0.717) is 13.2 Å². The van der Waals surface area contributed by atoms with Crippen LogP contribution in [-0.4, -0.2) is 36.4 Å². The fraction of sp³-hybridized carbons (Fsp3) is 0.933. The normalized spacial score (nSPS) is 25.9. The van der Waals surface area contributed by atoms with Crippen molar-refractivity contribution in [3.05, 3.63) is 0 Å². The fourth-order valence-corrected chi connectivity index (χ4v) is 2.29. The molecule has 0 aliphatic carbocycles. The average Bonchev–Trinajstić information content (AvgIpc) is 2.35. The maximum absolute atomic E-state index is 12.1. The Bertz CT molecular complexity index is 284. The summed E-state index contributed by atoms with van der Waals surface area (Å²) in [4.78, 5) is 12.1. The highest BCUT2D eigenvalue weighted by molar-refractivity contribution is 5.78. The monoisotopic (exact) mass is 271 g/mol. The van der Waals surface area contributed by atoms with E-state index < -0.39 is 6.10 Å². The van der Waals surface area contributed by atoms with E-state index in [9.17, 15) is 9.90 Å². The number of nitrogens with one attached hydrogen (secondary N) is 1. The van der Waals surface area contributed by atoms with Gasteiger partial charge in [0.1, 0.15) is 0 Å². The maximum atomic E-state index is 12.1. The SMILES string of the molecule is CCCC1CC(C(=O)NCC(O)C(C)(C)C)CCO1. The Morgan fingerprint density at radius 2 is 2.16 bits per heavy atom. The Hall–Kier alpha value is -0.610. The van der Waals surface area contributed by atoms with E-state index in [1.165, 1.54) is 0 Å². The van der Waals surface area contributed by atoms with Crippen LogP contribution in [-0.2, 0) is 9.53 Å². The van der Waals surface area contributed by atoms with Crippen LogP contribution in [0, 0.1) is 11.3 Å². The molecule has 0 saturated carbocycles. The summed E-state index contributed by atoms with van der Waals surface area (Å²) in [5, 5.41) is 12.8. The van der Waals surface area contributed by atoms with Crippen molar-refractivity contribution in [2.45, 2.75) is 65.6 Å². The number of hydrogen-bond acceptors (Lipinski definition) is 3. The van der Waals surface area contributed by atoms with Crippen LogP contribution in [0.3, 0.4) is 0 Å². The molecule has 1 saturated heterocycles. The number of rotatable bonds is 5. The van der Waals surface area contributed by atoms with Crippen LogP contribution in [0.2, 0.25) is 0 Å². The van der Waals surface area contributed by atoms with E-state index in [1.54, 1.807) is 0 Å². The summed E-state index contributed by atoms with van der Waals surface area (Å²) < 4.78 is 5.65. The second kappa shape index (κ2) is 7.25. The minimum absolute atomic E-state index is 0.0393. The summed E-state index contributed by atoms with van der Waals surface area (Å²) in [6.07, 6.45) is 3.42. The van der Waals surface area contributed by atoms with Gasteiger partial charge in [0.25, 0.3) is 0 Å². The Morgan fingerprint density at radius 3 is 2.74 bits per heavy atom. The highest BCUT2D eigenvalue weighted by atomic mass is 16.5. The number of aliphatic hydroxyl groups is 1. The van der Waals surface area contributed by atoms with Crippen molar-refractivity contribution in [2.24, 2.45) is 11.3 Å². The molecular weight excluding hydrogens is 242 g/mol. The standard InChI is InChI=1S/C15H29NO3/c1-5-6-12-9-11(7-8-19-12)14(18)16-10-13(17)15(2,3)4/h11-13,17H,5-10H2,1-4H3,(H,16,18). The topological polar surface area (TPSA) is 58.6 Å². The lowest BCUT2D eigenvalue weighted by Gasteiger charge is -2.30. The van der Waals surface area contributed by atoms with E-state index in [2.05, 4.69) is 12.2 Å².